The molecule has 0 bridgehead atoms. The van der Waals surface area contributed by atoms with Gasteiger partial charge in [0.15, 0.2) is 0 Å². The topological polar surface area (TPSA) is 40.6 Å². The maximum Gasteiger partial charge on any atom is 0.312 e. The van der Waals surface area contributed by atoms with E-state index in [4.69, 9.17) is 0 Å². The summed E-state index contributed by atoms with van der Waals surface area (Å²) < 4.78 is 0. The molecular weight excluding hydrogens is 264 g/mol. The molecule has 1 aliphatic carbocycles. The Balaban J connectivity index is 2.59. The molecule has 1 saturated carbocycles. The van der Waals surface area contributed by atoms with Gasteiger partial charge in [-0.2, -0.15) is 0 Å². The summed E-state index contributed by atoms with van der Waals surface area (Å²) in [6, 6.07) is 0.259. The van der Waals surface area contributed by atoms with Crippen molar-refractivity contribution in [1.29, 1.82) is 0 Å². The summed E-state index contributed by atoms with van der Waals surface area (Å²) in [4.78, 5) is 28.4. The molecule has 21 heavy (non-hydrogen) atoms. The molecule has 0 aromatic carbocycles. The van der Waals surface area contributed by atoms with Gasteiger partial charge in [-0.15, -0.1) is 0 Å². The van der Waals surface area contributed by atoms with E-state index in [0.29, 0.717) is 13.1 Å². The second kappa shape index (κ2) is 9.80. The van der Waals surface area contributed by atoms with E-state index >= 15 is 0 Å². The molecule has 0 saturated heterocycles. The molecule has 0 heterocycles. The molecule has 0 N–H and O–H groups in total. The molecule has 0 aliphatic heterocycles. The van der Waals surface area contributed by atoms with Crippen LogP contribution in [0, 0.1) is 0 Å². The van der Waals surface area contributed by atoms with E-state index in [1.165, 1.54) is 19.3 Å². The van der Waals surface area contributed by atoms with Crippen LogP contribution < -0.4 is 0 Å². The first-order valence-electron chi connectivity index (χ1n) is 8.67. The first kappa shape index (κ1) is 18.0. The minimum atomic E-state index is -0.311. The van der Waals surface area contributed by atoms with Crippen LogP contribution in [0.3, 0.4) is 0 Å². The van der Waals surface area contributed by atoms with Gasteiger partial charge in [0.2, 0.25) is 0 Å². The summed E-state index contributed by atoms with van der Waals surface area (Å²) >= 11 is 0. The lowest BCUT2D eigenvalue weighted by Gasteiger charge is -2.32. The van der Waals surface area contributed by atoms with Crippen LogP contribution in [0.25, 0.3) is 0 Å². The lowest BCUT2D eigenvalue weighted by atomic mass is 9.94. The molecule has 0 aromatic heterocycles. The first-order valence-corrected chi connectivity index (χ1v) is 8.67. The molecule has 0 atom stereocenters. The quantitative estimate of drug-likeness (QED) is 0.677. The number of hydrogen-bond acceptors (Lipinski definition) is 2. The molecule has 4 heteroatoms. The zero-order chi connectivity index (χ0) is 15.7. The molecule has 0 aromatic rings. The van der Waals surface area contributed by atoms with Crippen molar-refractivity contribution in [1.82, 2.24) is 9.80 Å². The van der Waals surface area contributed by atoms with E-state index in [1.807, 2.05) is 0 Å². The summed E-state index contributed by atoms with van der Waals surface area (Å²) in [7, 11) is 1.80. The summed E-state index contributed by atoms with van der Waals surface area (Å²) in [5, 5.41) is 0. The maximum atomic E-state index is 12.5. The third kappa shape index (κ3) is 5.68. The minimum Gasteiger partial charge on any atom is -0.335 e. The van der Waals surface area contributed by atoms with Gasteiger partial charge in [-0.1, -0.05) is 46.0 Å². The Hall–Kier alpha value is -1.06. The van der Waals surface area contributed by atoms with Crippen LogP contribution in [0.1, 0.15) is 71.6 Å². The van der Waals surface area contributed by atoms with Crippen molar-refractivity contribution in [2.45, 2.75) is 77.7 Å². The van der Waals surface area contributed by atoms with E-state index in [9.17, 15) is 9.59 Å². The Labute approximate surface area is 129 Å². The van der Waals surface area contributed by atoms with E-state index in [0.717, 1.165) is 38.5 Å². The van der Waals surface area contributed by atoms with Crippen molar-refractivity contribution >= 4 is 11.8 Å². The smallest absolute Gasteiger partial charge is 0.312 e. The second-order valence-electron chi connectivity index (χ2n) is 6.21. The highest BCUT2D eigenvalue weighted by Gasteiger charge is 2.29. The van der Waals surface area contributed by atoms with E-state index in [2.05, 4.69) is 13.8 Å². The highest BCUT2D eigenvalue weighted by atomic mass is 16.2. The Kier molecular flexibility index (Phi) is 8.40. The van der Waals surface area contributed by atoms with E-state index in [1.54, 1.807) is 16.8 Å². The highest BCUT2D eigenvalue weighted by Crippen LogP contribution is 2.22. The van der Waals surface area contributed by atoms with Crippen molar-refractivity contribution in [2.75, 3.05) is 20.1 Å². The molecular formula is C17H32N2O2. The molecule has 0 radical (unpaired) electrons. The maximum absolute atomic E-state index is 12.5. The Morgan fingerprint density at radius 2 is 1.43 bits per heavy atom. The van der Waals surface area contributed by atoms with Gasteiger partial charge in [-0.25, -0.2) is 0 Å². The number of nitrogens with zero attached hydrogens (tertiary/aromatic N) is 2. The summed E-state index contributed by atoms with van der Waals surface area (Å²) in [5.41, 5.74) is 0. The summed E-state index contributed by atoms with van der Waals surface area (Å²) in [6.07, 6.45) is 9.71. The Bertz CT molecular complexity index is 317. The number of carbonyl (C=O) groups excluding carboxylic acids is 2. The van der Waals surface area contributed by atoms with Gasteiger partial charge < -0.3 is 9.80 Å². The fraction of sp³-hybridized carbons (Fsp3) is 0.882. The van der Waals surface area contributed by atoms with Crippen LogP contribution >= 0.6 is 0 Å². The standard InChI is InChI=1S/C17H32N2O2/c1-4-6-13-19(14-7-5-2)17(21)16(20)18(3)15-11-9-8-10-12-15/h15H,4-14H2,1-3H3. The van der Waals surface area contributed by atoms with Crippen LogP contribution in [-0.2, 0) is 9.59 Å². The normalized spacial score (nSPS) is 15.8. The monoisotopic (exact) mass is 296 g/mol. The summed E-state index contributed by atoms with van der Waals surface area (Å²) in [5.74, 6) is -0.612. The first-order chi connectivity index (χ1) is 10.1. The second-order valence-corrected chi connectivity index (χ2v) is 6.21. The SMILES string of the molecule is CCCCN(CCCC)C(=O)C(=O)N(C)C1CCCCC1. The Morgan fingerprint density at radius 1 is 0.905 bits per heavy atom. The van der Waals surface area contributed by atoms with Gasteiger partial charge in [-0.05, 0) is 25.7 Å². The zero-order valence-electron chi connectivity index (χ0n) is 14.1. The minimum absolute atomic E-state index is 0.259. The van der Waals surface area contributed by atoms with Gasteiger partial charge in [0, 0.05) is 26.2 Å². The Morgan fingerprint density at radius 3 is 1.90 bits per heavy atom. The van der Waals surface area contributed by atoms with Crippen LogP contribution in [0.15, 0.2) is 0 Å². The van der Waals surface area contributed by atoms with E-state index in [-0.39, 0.29) is 17.9 Å². The fourth-order valence-electron chi connectivity index (χ4n) is 2.93. The van der Waals surface area contributed by atoms with Crippen molar-refractivity contribution in [3.8, 4) is 0 Å². The predicted octanol–water partition coefficient (Wildman–Crippen LogP) is 3.21. The molecule has 122 valence electrons. The van der Waals surface area contributed by atoms with Crippen molar-refractivity contribution < 1.29 is 9.59 Å². The van der Waals surface area contributed by atoms with Crippen LogP contribution in [0.4, 0.5) is 0 Å². The largest absolute Gasteiger partial charge is 0.335 e. The van der Waals surface area contributed by atoms with Crippen LogP contribution in [-0.4, -0.2) is 47.8 Å². The zero-order valence-corrected chi connectivity index (χ0v) is 14.1. The van der Waals surface area contributed by atoms with Gasteiger partial charge in [0.05, 0.1) is 0 Å². The fourth-order valence-corrected chi connectivity index (χ4v) is 2.93. The highest BCUT2D eigenvalue weighted by molar-refractivity contribution is 6.34. The lowest BCUT2D eigenvalue weighted by molar-refractivity contribution is -0.152. The number of carbonyl (C=O) groups is 2. The molecule has 0 unspecified atom stereocenters. The summed E-state index contributed by atoms with van der Waals surface area (Å²) in [6.45, 7) is 5.63. The van der Waals surface area contributed by atoms with Gasteiger partial charge in [0.25, 0.3) is 0 Å². The average molecular weight is 296 g/mol. The number of hydrogen-bond donors (Lipinski definition) is 0. The van der Waals surface area contributed by atoms with Gasteiger partial charge in [-0.3, -0.25) is 9.59 Å². The average Bonchev–Trinajstić information content (AvgIpc) is 2.54. The number of unbranched alkanes of at least 4 members (excludes halogenated alkanes) is 2. The molecule has 1 aliphatic rings. The number of rotatable bonds is 7. The third-order valence-electron chi connectivity index (χ3n) is 4.48. The molecule has 0 spiro atoms. The number of likely N-dealkylation sites (N-methyl/N-ethyl adjacent to an activating group) is 1. The van der Waals surface area contributed by atoms with Crippen LogP contribution in [0.2, 0.25) is 0 Å². The van der Waals surface area contributed by atoms with Crippen molar-refractivity contribution in [3.63, 3.8) is 0 Å². The van der Waals surface area contributed by atoms with Crippen molar-refractivity contribution in [3.05, 3.63) is 0 Å². The molecule has 4 nitrogen and oxygen atoms in total. The van der Waals surface area contributed by atoms with Crippen molar-refractivity contribution in [2.24, 2.45) is 0 Å². The van der Waals surface area contributed by atoms with Gasteiger partial charge in [0.1, 0.15) is 0 Å². The van der Waals surface area contributed by atoms with Crippen LogP contribution in [0.5, 0.6) is 0 Å². The lowest BCUT2D eigenvalue weighted by Crippen LogP contribution is -2.48. The molecule has 1 fully saturated rings. The van der Waals surface area contributed by atoms with E-state index < -0.39 is 0 Å². The third-order valence-corrected chi connectivity index (χ3v) is 4.48. The number of amides is 2. The molecule has 1 rings (SSSR count). The molecule has 2 amide bonds. The predicted molar refractivity (Wildman–Crippen MR) is 86.0 cm³/mol. The van der Waals surface area contributed by atoms with Gasteiger partial charge >= 0.3 is 11.8 Å².